The Balaban J connectivity index is 1.75. The molecule has 2 aromatic carbocycles. The largest absolute Gasteiger partial charge is 0.462 e. The summed E-state index contributed by atoms with van der Waals surface area (Å²) >= 11 is 3.40. The first kappa shape index (κ1) is 18.7. The molecule has 0 saturated carbocycles. The third-order valence-electron chi connectivity index (χ3n) is 3.65. The summed E-state index contributed by atoms with van der Waals surface area (Å²) < 4.78 is 5.96. The van der Waals surface area contributed by atoms with Crippen molar-refractivity contribution in [1.29, 1.82) is 0 Å². The molecule has 3 aromatic rings. The quantitative estimate of drug-likeness (QED) is 0.498. The number of ether oxygens (including phenoxy) is 1. The lowest BCUT2D eigenvalue weighted by Gasteiger charge is -2.13. The number of halogens is 1. The maximum Gasteiger partial charge on any atom is 0.338 e. The summed E-state index contributed by atoms with van der Waals surface area (Å²) in [6, 6.07) is 14.5. The highest BCUT2D eigenvalue weighted by molar-refractivity contribution is 9.10. The lowest BCUT2D eigenvalue weighted by molar-refractivity contribution is 0.0526. The second-order valence-electron chi connectivity index (χ2n) is 5.54. The fourth-order valence-corrected chi connectivity index (χ4v) is 2.57. The molecule has 27 heavy (non-hydrogen) atoms. The lowest BCUT2D eigenvalue weighted by atomic mass is 10.2. The number of rotatable bonds is 6. The molecule has 3 rings (SSSR count). The molecule has 1 heterocycles. The Labute approximate surface area is 165 Å². The van der Waals surface area contributed by atoms with Crippen molar-refractivity contribution in [2.45, 2.75) is 6.92 Å². The van der Waals surface area contributed by atoms with E-state index in [0.29, 0.717) is 29.5 Å². The molecule has 0 radical (unpaired) electrons. The van der Waals surface area contributed by atoms with Gasteiger partial charge in [0.15, 0.2) is 11.6 Å². The zero-order valence-corrected chi connectivity index (χ0v) is 16.2. The predicted octanol–water partition coefficient (Wildman–Crippen LogP) is 4.49. The third-order valence-corrected chi connectivity index (χ3v) is 4.18. The Morgan fingerprint density at radius 1 is 1.00 bits per heavy atom. The SMILES string of the molecule is CCOC(=O)c1ccc(Nc2ncnc(Nc3ccc(Br)cc3)c2N)cc1. The Morgan fingerprint density at radius 3 is 2.04 bits per heavy atom. The van der Waals surface area contributed by atoms with Crippen molar-refractivity contribution in [3.63, 3.8) is 0 Å². The van der Waals surface area contributed by atoms with Crippen molar-refractivity contribution in [2.75, 3.05) is 23.0 Å². The van der Waals surface area contributed by atoms with Crippen LogP contribution in [0.25, 0.3) is 0 Å². The predicted molar refractivity (Wildman–Crippen MR) is 110 cm³/mol. The van der Waals surface area contributed by atoms with Gasteiger partial charge in [-0.05, 0) is 55.5 Å². The molecule has 8 heteroatoms. The van der Waals surface area contributed by atoms with Gasteiger partial charge in [0.2, 0.25) is 0 Å². The molecule has 0 fully saturated rings. The zero-order valence-electron chi connectivity index (χ0n) is 14.6. The van der Waals surface area contributed by atoms with Gasteiger partial charge in [0.05, 0.1) is 12.2 Å². The van der Waals surface area contributed by atoms with Crippen LogP contribution in [0.3, 0.4) is 0 Å². The number of nitrogen functional groups attached to an aromatic ring is 1. The van der Waals surface area contributed by atoms with Gasteiger partial charge in [-0.2, -0.15) is 0 Å². The van der Waals surface area contributed by atoms with E-state index < -0.39 is 0 Å². The number of nitrogens with one attached hydrogen (secondary N) is 2. The monoisotopic (exact) mass is 427 g/mol. The molecule has 0 amide bonds. The molecule has 0 spiro atoms. The van der Waals surface area contributed by atoms with Crippen LogP contribution in [0, 0.1) is 0 Å². The van der Waals surface area contributed by atoms with Crippen molar-refractivity contribution in [1.82, 2.24) is 9.97 Å². The van der Waals surface area contributed by atoms with Crippen molar-refractivity contribution >= 4 is 50.6 Å². The van der Waals surface area contributed by atoms with Gasteiger partial charge in [-0.15, -0.1) is 0 Å². The van der Waals surface area contributed by atoms with Gasteiger partial charge in [0.25, 0.3) is 0 Å². The second-order valence-corrected chi connectivity index (χ2v) is 6.45. The number of nitrogens with two attached hydrogens (primary N) is 1. The van der Waals surface area contributed by atoms with E-state index in [1.54, 1.807) is 31.2 Å². The van der Waals surface area contributed by atoms with Gasteiger partial charge in [-0.3, -0.25) is 0 Å². The fourth-order valence-electron chi connectivity index (χ4n) is 2.31. The molecule has 7 nitrogen and oxygen atoms in total. The van der Waals surface area contributed by atoms with Crippen LogP contribution in [0.2, 0.25) is 0 Å². The summed E-state index contributed by atoms with van der Waals surface area (Å²) in [4.78, 5) is 20.1. The van der Waals surface area contributed by atoms with Crippen LogP contribution in [-0.4, -0.2) is 22.5 Å². The molecule has 138 valence electrons. The molecule has 1 aromatic heterocycles. The van der Waals surface area contributed by atoms with E-state index in [9.17, 15) is 4.79 Å². The molecule has 0 atom stereocenters. The van der Waals surface area contributed by atoms with Crippen LogP contribution in [0.5, 0.6) is 0 Å². The van der Waals surface area contributed by atoms with Crippen molar-refractivity contribution in [3.8, 4) is 0 Å². The molecular formula is C19H18BrN5O2. The van der Waals surface area contributed by atoms with E-state index in [1.165, 1.54) is 6.33 Å². The number of benzene rings is 2. The Kier molecular flexibility index (Phi) is 5.87. The summed E-state index contributed by atoms with van der Waals surface area (Å²) in [5, 5.41) is 6.30. The standard InChI is InChI=1S/C19H18BrN5O2/c1-2-27-19(26)12-3-7-14(8-4-12)24-17-16(21)18(23-11-22-17)25-15-9-5-13(20)6-10-15/h3-11H,2,21H2,1H3,(H2,22,23,24,25). The average Bonchev–Trinajstić information content (AvgIpc) is 2.67. The van der Waals surface area contributed by atoms with Gasteiger partial charge in [0.1, 0.15) is 12.0 Å². The first-order valence-electron chi connectivity index (χ1n) is 8.24. The number of hydrogen-bond acceptors (Lipinski definition) is 7. The highest BCUT2D eigenvalue weighted by Crippen LogP contribution is 2.28. The van der Waals surface area contributed by atoms with E-state index in [0.717, 1.165) is 15.8 Å². The molecule has 0 aliphatic carbocycles. The molecule has 0 bridgehead atoms. The normalized spacial score (nSPS) is 10.3. The van der Waals surface area contributed by atoms with E-state index in [1.807, 2.05) is 24.3 Å². The topological polar surface area (TPSA) is 102 Å². The fraction of sp³-hybridized carbons (Fsp3) is 0.105. The average molecular weight is 428 g/mol. The Morgan fingerprint density at radius 2 is 1.52 bits per heavy atom. The van der Waals surface area contributed by atoms with Crippen molar-refractivity contribution in [2.24, 2.45) is 0 Å². The minimum atomic E-state index is -0.355. The summed E-state index contributed by atoms with van der Waals surface area (Å²) in [5.74, 6) is 0.609. The van der Waals surface area contributed by atoms with Crippen LogP contribution in [0.1, 0.15) is 17.3 Å². The van der Waals surface area contributed by atoms with Crippen LogP contribution >= 0.6 is 15.9 Å². The highest BCUT2D eigenvalue weighted by Gasteiger charge is 2.10. The lowest BCUT2D eigenvalue weighted by Crippen LogP contribution is -2.06. The van der Waals surface area contributed by atoms with E-state index in [4.69, 9.17) is 10.5 Å². The van der Waals surface area contributed by atoms with E-state index in [-0.39, 0.29) is 5.97 Å². The first-order valence-corrected chi connectivity index (χ1v) is 9.03. The smallest absolute Gasteiger partial charge is 0.338 e. The number of anilines is 5. The van der Waals surface area contributed by atoms with Gasteiger partial charge in [-0.1, -0.05) is 15.9 Å². The highest BCUT2D eigenvalue weighted by atomic mass is 79.9. The van der Waals surface area contributed by atoms with Crippen molar-refractivity contribution < 1.29 is 9.53 Å². The summed E-state index contributed by atoms with van der Waals surface area (Å²) in [5.41, 5.74) is 8.65. The minimum Gasteiger partial charge on any atom is -0.462 e. The first-order chi connectivity index (χ1) is 13.1. The zero-order chi connectivity index (χ0) is 19.2. The molecule has 0 aliphatic heterocycles. The number of carbonyl (C=O) groups is 1. The maximum atomic E-state index is 11.7. The third kappa shape index (κ3) is 4.73. The molecule has 0 saturated heterocycles. The number of aromatic nitrogens is 2. The van der Waals surface area contributed by atoms with Gasteiger partial charge < -0.3 is 21.1 Å². The van der Waals surface area contributed by atoms with Crippen LogP contribution < -0.4 is 16.4 Å². The van der Waals surface area contributed by atoms with Crippen LogP contribution in [0.15, 0.2) is 59.3 Å². The summed E-state index contributed by atoms with van der Waals surface area (Å²) in [6.07, 6.45) is 1.42. The van der Waals surface area contributed by atoms with E-state index >= 15 is 0 Å². The van der Waals surface area contributed by atoms with Crippen LogP contribution in [-0.2, 0) is 4.74 Å². The maximum absolute atomic E-state index is 11.7. The second kappa shape index (κ2) is 8.50. The molecule has 4 N–H and O–H groups in total. The Bertz CT molecular complexity index is 930. The van der Waals surface area contributed by atoms with Gasteiger partial charge in [0, 0.05) is 15.8 Å². The van der Waals surface area contributed by atoms with Crippen molar-refractivity contribution in [3.05, 3.63) is 64.9 Å². The molecule has 0 aliphatic rings. The number of esters is 1. The van der Waals surface area contributed by atoms with Gasteiger partial charge >= 0.3 is 5.97 Å². The van der Waals surface area contributed by atoms with E-state index in [2.05, 4.69) is 36.5 Å². The Hall–Kier alpha value is -3.13. The number of hydrogen-bond donors (Lipinski definition) is 3. The number of carbonyl (C=O) groups excluding carboxylic acids is 1. The molecule has 0 unspecified atom stereocenters. The minimum absolute atomic E-state index is 0.338. The summed E-state index contributed by atoms with van der Waals surface area (Å²) in [7, 11) is 0. The van der Waals surface area contributed by atoms with Gasteiger partial charge in [-0.25, -0.2) is 14.8 Å². The molecular weight excluding hydrogens is 410 g/mol. The number of nitrogens with zero attached hydrogens (tertiary/aromatic N) is 2. The van der Waals surface area contributed by atoms with Crippen LogP contribution in [0.4, 0.5) is 28.7 Å². The summed E-state index contributed by atoms with van der Waals surface area (Å²) in [6.45, 7) is 2.11.